The van der Waals surface area contributed by atoms with Crippen LogP contribution in [0.2, 0.25) is 0 Å². The highest BCUT2D eigenvalue weighted by Crippen LogP contribution is 2.41. The Bertz CT molecular complexity index is 861. The predicted octanol–water partition coefficient (Wildman–Crippen LogP) is 2.34. The van der Waals surface area contributed by atoms with E-state index in [1.807, 2.05) is 0 Å². The van der Waals surface area contributed by atoms with Crippen LogP contribution in [0.3, 0.4) is 0 Å². The maximum Gasteiger partial charge on any atom is 0.271 e. The maximum atomic E-state index is 13.4. The number of aromatic nitrogens is 2. The van der Waals surface area contributed by atoms with Gasteiger partial charge in [0, 0.05) is 44.2 Å². The first kappa shape index (κ1) is 17.6. The molecule has 0 unspecified atom stereocenters. The highest BCUT2D eigenvalue weighted by Gasteiger charge is 2.45. The van der Waals surface area contributed by atoms with Gasteiger partial charge in [-0.3, -0.25) is 14.7 Å². The number of benzene rings is 1. The zero-order chi connectivity index (χ0) is 19.0. The molecule has 4 rings (SSSR count). The summed E-state index contributed by atoms with van der Waals surface area (Å²) in [6.07, 6.45) is 3.47. The number of likely N-dealkylation sites (tertiary alicyclic amines) is 2. The molecule has 142 valence electrons. The molecule has 8 heteroatoms. The lowest BCUT2D eigenvalue weighted by atomic mass is 9.77. The molecule has 1 aromatic carbocycles. The van der Waals surface area contributed by atoms with Crippen LogP contribution in [-0.2, 0) is 11.3 Å². The molecule has 2 amide bonds. The van der Waals surface area contributed by atoms with E-state index in [0.717, 1.165) is 25.0 Å². The molecule has 3 heterocycles. The van der Waals surface area contributed by atoms with Gasteiger partial charge in [0.1, 0.15) is 5.69 Å². The third kappa shape index (κ3) is 3.43. The van der Waals surface area contributed by atoms with Crippen molar-refractivity contribution in [3.63, 3.8) is 0 Å². The van der Waals surface area contributed by atoms with Crippen molar-refractivity contribution in [1.82, 2.24) is 20.0 Å². The van der Waals surface area contributed by atoms with Crippen LogP contribution in [0.15, 0.2) is 30.5 Å². The van der Waals surface area contributed by atoms with Crippen LogP contribution in [-0.4, -0.2) is 51.4 Å². The molecule has 2 fully saturated rings. The van der Waals surface area contributed by atoms with E-state index in [9.17, 15) is 18.4 Å². The van der Waals surface area contributed by atoms with Crippen molar-refractivity contribution in [3.05, 3.63) is 53.4 Å². The van der Waals surface area contributed by atoms with E-state index in [1.165, 1.54) is 6.07 Å². The van der Waals surface area contributed by atoms with Gasteiger partial charge in [0.15, 0.2) is 11.6 Å². The molecule has 2 aliphatic rings. The Hall–Kier alpha value is -2.77. The molecule has 0 atom stereocenters. The molecule has 1 spiro atoms. The van der Waals surface area contributed by atoms with Crippen LogP contribution in [0.5, 0.6) is 0 Å². The number of hydrogen-bond acceptors (Lipinski definition) is 3. The van der Waals surface area contributed by atoms with Crippen molar-refractivity contribution in [3.8, 4) is 0 Å². The number of H-pyrrole nitrogens is 1. The van der Waals surface area contributed by atoms with E-state index in [2.05, 4.69) is 10.2 Å². The Balaban J connectivity index is 1.39. The number of amides is 2. The minimum Gasteiger partial charge on any atom is -0.338 e. The summed E-state index contributed by atoms with van der Waals surface area (Å²) in [5.41, 5.74) is 0.889. The van der Waals surface area contributed by atoms with E-state index in [1.54, 1.807) is 22.1 Å². The molecule has 0 bridgehead atoms. The largest absolute Gasteiger partial charge is 0.338 e. The molecule has 0 radical (unpaired) electrons. The van der Waals surface area contributed by atoms with Crippen molar-refractivity contribution in [2.24, 2.45) is 5.41 Å². The molecule has 2 aromatic rings. The van der Waals surface area contributed by atoms with Crippen molar-refractivity contribution in [1.29, 1.82) is 0 Å². The number of rotatable bonds is 3. The number of piperidine rings is 1. The second-order valence-corrected chi connectivity index (χ2v) is 7.44. The minimum absolute atomic E-state index is 0.0214. The summed E-state index contributed by atoms with van der Waals surface area (Å²) in [5.74, 6) is -1.85. The maximum absolute atomic E-state index is 13.4. The Morgan fingerprint density at radius 3 is 2.63 bits per heavy atom. The summed E-state index contributed by atoms with van der Waals surface area (Å²) in [4.78, 5) is 28.4. The second-order valence-electron chi connectivity index (χ2n) is 7.44. The molecule has 0 aliphatic carbocycles. The average molecular weight is 374 g/mol. The Labute approximate surface area is 155 Å². The van der Waals surface area contributed by atoms with Gasteiger partial charge in [0.2, 0.25) is 5.91 Å². The number of nitrogens with zero attached hydrogens (tertiary/aromatic N) is 3. The molecular weight excluding hydrogens is 354 g/mol. The van der Waals surface area contributed by atoms with Crippen molar-refractivity contribution >= 4 is 11.8 Å². The third-order valence-corrected chi connectivity index (χ3v) is 5.61. The SMILES string of the molecule is O=C1CC2(CCN(C(=O)c3ccn[nH]3)CC2)CN1Cc1ccc(F)c(F)c1. The van der Waals surface area contributed by atoms with Crippen molar-refractivity contribution in [2.75, 3.05) is 19.6 Å². The van der Waals surface area contributed by atoms with Gasteiger partial charge in [0.05, 0.1) is 0 Å². The lowest BCUT2D eigenvalue weighted by molar-refractivity contribution is -0.128. The van der Waals surface area contributed by atoms with Gasteiger partial charge in [-0.2, -0.15) is 5.10 Å². The van der Waals surface area contributed by atoms with E-state index in [0.29, 0.717) is 37.3 Å². The van der Waals surface area contributed by atoms with E-state index < -0.39 is 11.6 Å². The Morgan fingerprint density at radius 2 is 1.96 bits per heavy atom. The van der Waals surface area contributed by atoms with Gasteiger partial charge in [0.25, 0.3) is 5.91 Å². The standard InChI is InChI=1S/C19H20F2N4O2/c20-14-2-1-13(9-15(14)21)11-25-12-19(10-17(25)26)4-7-24(8-5-19)18(27)16-3-6-22-23-16/h1-3,6,9H,4-5,7-8,10-12H2,(H,22,23). The van der Waals surface area contributed by atoms with Crippen LogP contribution in [0, 0.1) is 17.0 Å². The van der Waals surface area contributed by atoms with Crippen molar-refractivity contribution < 1.29 is 18.4 Å². The summed E-state index contributed by atoms with van der Waals surface area (Å²) in [7, 11) is 0. The fourth-order valence-corrected chi connectivity index (χ4v) is 4.05. The van der Waals surface area contributed by atoms with E-state index in [-0.39, 0.29) is 23.8 Å². The smallest absolute Gasteiger partial charge is 0.271 e. The average Bonchev–Trinajstić information content (AvgIpc) is 3.28. The number of aromatic amines is 1. The number of carbonyl (C=O) groups excluding carboxylic acids is 2. The highest BCUT2D eigenvalue weighted by molar-refractivity contribution is 5.92. The van der Waals surface area contributed by atoms with Gasteiger partial charge in [-0.1, -0.05) is 6.07 Å². The fourth-order valence-electron chi connectivity index (χ4n) is 4.05. The highest BCUT2D eigenvalue weighted by atomic mass is 19.2. The Morgan fingerprint density at radius 1 is 1.19 bits per heavy atom. The van der Waals surface area contributed by atoms with Gasteiger partial charge in [-0.25, -0.2) is 8.78 Å². The zero-order valence-corrected chi connectivity index (χ0v) is 14.8. The summed E-state index contributed by atoms with van der Waals surface area (Å²) in [6.45, 7) is 2.03. The lowest BCUT2D eigenvalue weighted by Gasteiger charge is -2.38. The number of hydrogen-bond donors (Lipinski definition) is 1. The summed E-state index contributed by atoms with van der Waals surface area (Å²) in [6, 6.07) is 5.37. The molecule has 27 heavy (non-hydrogen) atoms. The van der Waals surface area contributed by atoms with Gasteiger partial charge >= 0.3 is 0 Å². The van der Waals surface area contributed by atoms with Crippen LogP contribution in [0.25, 0.3) is 0 Å². The topological polar surface area (TPSA) is 69.3 Å². The van der Waals surface area contributed by atoms with Gasteiger partial charge in [-0.05, 0) is 36.6 Å². The molecule has 1 N–H and O–H groups in total. The first-order valence-corrected chi connectivity index (χ1v) is 8.96. The van der Waals surface area contributed by atoms with E-state index >= 15 is 0 Å². The van der Waals surface area contributed by atoms with Crippen LogP contribution in [0.1, 0.15) is 35.3 Å². The first-order valence-electron chi connectivity index (χ1n) is 8.96. The quantitative estimate of drug-likeness (QED) is 0.897. The first-order chi connectivity index (χ1) is 13.0. The van der Waals surface area contributed by atoms with Crippen molar-refractivity contribution in [2.45, 2.75) is 25.8 Å². The lowest BCUT2D eigenvalue weighted by Crippen LogP contribution is -2.44. The molecule has 6 nitrogen and oxygen atoms in total. The zero-order valence-electron chi connectivity index (χ0n) is 14.8. The number of carbonyl (C=O) groups is 2. The summed E-state index contributed by atoms with van der Waals surface area (Å²) in [5, 5.41) is 6.49. The Kier molecular flexibility index (Phi) is 4.41. The van der Waals surface area contributed by atoms with Crippen LogP contribution in [0.4, 0.5) is 8.78 Å². The molecule has 1 aromatic heterocycles. The molecule has 2 aliphatic heterocycles. The monoisotopic (exact) mass is 374 g/mol. The van der Waals surface area contributed by atoms with Gasteiger partial charge < -0.3 is 9.80 Å². The van der Waals surface area contributed by atoms with Crippen LogP contribution < -0.4 is 0 Å². The van der Waals surface area contributed by atoms with E-state index in [4.69, 9.17) is 0 Å². The minimum atomic E-state index is -0.903. The summed E-state index contributed by atoms with van der Waals surface area (Å²) >= 11 is 0. The number of halogens is 2. The number of nitrogens with one attached hydrogen (secondary N) is 1. The molecule has 0 saturated carbocycles. The molecular formula is C19H20F2N4O2. The van der Waals surface area contributed by atoms with Crippen LogP contribution >= 0.6 is 0 Å². The fraction of sp³-hybridized carbons (Fsp3) is 0.421. The second kappa shape index (κ2) is 6.75. The normalized spacial score (nSPS) is 19.1. The van der Waals surface area contributed by atoms with Gasteiger partial charge in [-0.15, -0.1) is 0 Å². The third-order valence-electron chi connectivity index (χ3n) is 5.61. The predicted molar refractivity (Wildman–Crippen MR) is 92.6 cm³/mol. The summed E-state index contributed by atoms with van der Waals surface area (Å²) < 4.78 is 26.5. The molecule has 2 saturated heterocycles.